The van der Waals surface area contributed by atoms with Gasteiger partial charge in [0, 0.05) is 50.1 Å². The third kappa shape index (κ3) is 18.5. The molecule has 8 aliphatic carbocycles. The van der Waals surface area contributed by atoms with Gasteiger partial charge < -0.3 is 75.3 Å². The smallest absolute Gasteiger partial charge is 0.246 e. The number of benzene rings is 2. The van der Waals surface area contributed by atoms with Crippen molar-refractivity contribution in [2.45, 2.75) is 242 Å². The summed E-state index contributed by atoms with van der Waals surface area (Å²) >= 11 is 0. The number of carbonyl (C=O) groups excluding carboxylic acids is 10. The lowest BCUT2D eigenvalue weighted by Gasteiger charge is -2.56. The maximum Gasteiger partial charge on any atom is 0.246 e. The molecule has 11 fully saturated rings. The molecule has 3 heterocycles. The van der Waals surface area contributed by atoms with Crippen molar-refractivity contribution >= 4 is 59.1 Å². The van der Waals surface area contributed by atoms with Gasteiger partial charge in [-0.05, 0) is 252 Å². The first kappa shape index (κ1) is 78.1. The van der Waals surface area contributed by atoms with Crippen LogP contribution in [0, 0.1) is 82.9 Å². The maximum absolute atomic E-state index is 15.5. The number of nitrogens with zero attached hydrogens (tertiary/aromatic N) is 2. The third-order valence-electron chi connectivity index (χ3n) is 26.2. The van der Waals surface area contributed by atoms with Crippen LogP contribution in [-0.4, -0.2) is 169 Å². The van der Waals surface area contributed by atoms with Gasteiger partial charge in [0.2, 0.25) is 59.1 Å². The predicted octanol–water partition coefficient (Wildman–Crippen LogP) is 3.99. The van der Waals surface area contributed by atoms with E-state index in [9.17, 15) is 0 Å². The number of hydrogen-bond donors (Lipinski definition) is 12. The molecule has 3 saturated heterocycles. The van der Waals surface area contributed by atoms with E-state index in [0.717, 1.165) is 75.3 Å². The number of nitrogens with two attached hydrogens (primary N) is 4. The van der Waals surface area contributed by atoms with Crippen LogP contribution in [0.25, 0.3) is 0 Å². The topological polar surface area (TPSA) is 377 Å². The molecule has 16 N–H and O–H groups in total. The van der Waals surface area contributed by atoms with Gasteiger partial charge in [-0.1, -0.05) is 74.5 Å². The van der Waals surface area contributed by atoms with Gasteiger partial charge in [-0.2, -0.15) is 0 Å². The van der Waals surface area contributed by atoms with Crippen LogP contribution in [0.5, 0.6) is 0 Å². The maximum atomic E-state index is 15.5. The van der Waals surface area contributed by atoms with Crippen molar-refractivity contribution in [3.63, 3.8) is 0 Å². The Morgan fingerprint density at radius 3 is 1.02 bits per heavy atom. The van der Waals surface area contributed by atoms with Gasteiger partial charge in [0.1, 0.15) is 36.3 Å². The molecule has 0 spiro atoms. The monoisotopic (exact) mass is 1440 g/mol. The molecule has 104 heavy (non-hydrogen) atoms. The summed E-state index contributed by atoms with van der Waals surface area (Å²) in [5.74, 6) is -5.59. The number of fused-ring (bicyclic) bond motifs is 2. The van der Waals surface area contributed by atoms with Crippen LogP contribution < -0.4 is 65.5 Å². The Morgan fingerprint density at radius 1 is 0.365 bits per heavy atom. The second-order valence-electron chi connectivity index (χ2n) is 33.2. The number of hydrogen-bond acceptors (Lipinski definition) is 14. The number of nitrogens with one attached hydrogen (secondary N) is 8. The second-order valence-corrected chi connectivity index (χ2v) is 33.2. The van der Waals surface area contributed by atoms with Gasteiger partial charge in [-0.25, -0.2) is 0 Å². The molecule has 11 aliphatic rings. The highest BCUT2D eigenvalue weighted by molar-refractivity contribution is 5.96. The first-order chi connectivity index (χ1) is 50.1. The first-order valence-electron chi connectivity index (χ1n) is 40.1. The van der Waals surface area contributed by atoms with Gasteiger partial charge in [0.15, 0.2) is 0 Å². The lowest BCUT2D eigenvalue weighted by atomic mass is 9.50. The van der Waals surface area contributed by atoms with Crippen LogP contribution in [0.1, 0.15) is 180 Å². The van der Waals surface area contributed by atoms with Crippen molar-refractivity contribution in [2.75, 3.05) is 39.3 Å². The molecule has 0 aromatic heterocycles. The minimum atomic E-state index is -1.15. The summed E-state index contributed by atoms with van der Waals surface area (Å²) in [6.07, 6.45) is 14.6. The molecule has 2 aromatic rings. The SMILES string of the molecule is CC1NC(=O)C(C2C3CC4CC(C3)CC2C4)NC(=O)C(C)C(CCCN)NC(=O)C2CCCN2C(=O)C(Cc2ccccc2)NC(=O)C(CCCN)C(C)NC(=O)C(C2C3CC4CC(C3)CC2C4)NC(=O)C(C)C(CCCN)NC(=O)C2CCCN2C(=O)C(Cc2ccccc2)NC(=O)C1CCCN. The molecule has 8 bridgehead atoms. The molecule has 2 aromatic carbocycles. The van der Waals surface area contributed by atoms with Crippen molar-refractivity contribution in [2.24, 2.45) is 106 Å². The normalized spacial score (nSPS) is 37.2. The average Bonchev–Trinajstić information content (AvgIpc) is 0.839. The summed E-state index contributed by atoms with van der Waals surface area (Å²) in [6, 6.07) is 9.27. The van der Waals surface area contributed by atoms with E-state index in [0.29, 0.717) is 87.9 Å². The van der Waals surface area contributed by atoms with Gasteiger partial charge in [-0.15, -0.1) is 0 Å². The van der Waals surface area contributed by atoms with E-state index >= 15 is 47.9 Å². The predicted molar refractivity (Wildman–Crippen MR) is 396 cm³/mol. The Hall–Kier alpha value is -7.02. The van der Waals surface area contributed by atoms with Crippen LogP contribution in [0.3, 0.4) is 0 Å². The fraction of sp³-hybridized carbons (Fsp3) is 0.725. The summed E-state index contributed by atoms with van der Waals surface area (Å²) in [5, 5.41) is 25.7. The third-order valence-corrected chi connectivity index (χ3v) is 26.2. The fourth-order valence-corrected chi connectivity index (χ4v) is 21.1. The molecule has 24 heteroatoms. The number of amides is 10. The average molecular weight is 1440 g/mol. The summed E-state index contributed by atoms with van der Waals surface area (Å²) in [6.45, 7) is 8.51. The van der Waals surface area contributed by atoms with E-state index in [1.807, 2.05) is 60.7 Å². The van der Waals surface area contributed by atoms with E-state index in [4.69, 9.17) is 22.9 Å². The summed E-state index contributed by atoms with van der Waals surface area (Å²) in [7, 11) is 0. The summed E-state index contributed by atoms with van der Waals surface area (Å²) in [5.41, 5.74) is 26.2. The van der Waals surface area contributed by atoms with Crippen molar-refractivity contribution in [3.05, 3.63) is 71.8 Å². The highest BCUT2D eigenvalue weighted by Crippen LogP contribution is 2.59. The molecular formula is C80H122N14O10. The van der Waals surface area contributed by atoms with Crippen molar-refractivity contribution in [3.8, 4) is 0 Å². The molecule has 0 radical (unpaired) electrons. The highest BCUT2D eigenvalue weighted by Gasteiger charge is 2.55. The molecule has 24 nitrogen and oxygen atoms in total. The lowest BCUT2D eigenvalue weighted by molar-refractivity contribution is -0.143. The molecule has 572 valence electrons. The molecule has 3 aliphatic heterocycles. The molecular weight excluding hydrogens is 1320 g/mol. The minimum Gasteiger partial charge on any atom is -0.351 e. The zero-order chi connectivity index (χ0) is 73.9. The van der Waals surface area contributed by atoms with E-state index < -0.39 is 143 Å². The Balaban J connectivity index is 0.941. The van der Waals surface area contributed by atoms with E-state index in [-0.39, 0.29) is 100 Å². The largest absolute Gasteiger partial charge is 0.351 e. The summed E-state index contributed by atoms with van der Waals surface area (Å²) < 4.78 is 0. The zero-order valence-electron chi connectivity index (χ0n) is 62.1. The molecule has 8 saturated carbocycles. The quantitative estimate of drug-likeness (QED) is 0.100. The van der Waals surface area contributed by atoms with E-state index in [1.165, 1.54) is 9.80 Å². The van der Waals surface area contributed by atoms with E-state index in [2.05, 4.69) is 42.5 Å². The van der Waals surface area contributed by atoms with Crippen LogP contribution >= 0.6 is 0 Å². The molecule has 10 amide bonds. The zero-order valence-corrected chi connectivity index (χ0v) is 62.1. The van der Waals surface area contributed by atoms with Crippen LogP contribution in [-0.2, 0) is 60.8 Å². The lowest BCUT2D eigenvalue weighted by Crippen LogP contribution is -2.63. The number of carbonyl (C=O) groups is 10. The second kappa shape index (κ2) is 36.0. The van der Waals surface area contributed by atoms with Gasteiger partial charge >= 0.3 is 0 Å². The Kier molecular flexibility index (Phi) is 27.1. The van der Waals surface area contributed by atoms with Crippen molar-refractivity contribution in [1.29, 1.82) is 0 Å². The highest BCUT2D eigenvalue weighted by atomic mass is 16.2. The summed E-state index contributed by atoms with van der Waals surface area (Å²) in [4.78, 5) is 156. The van der Waals surface area contributed by atoms with Crippen LogP contribution in [0.15, 0.2) is 60.7 Å². The van der Waals surface area contributed by atoms with Gasteiger partial charge in [0.05, 0.1) is 23.7 Å². The van der Waals surface area contributed by atoms with Gasteiger partial charge in [0.25, 0.3) is 0 Å². The molecule has 14 unspecified atom stereocenters. The van der Waals surface area contributed by atoms with Gasteiger partial charge in [-0.3, -0.25) is 47.9 Å². The number of rotatable bonds is 18. The standard InChI is InChI=1S/C80H122N14O10/c1-45-61(23-13-29-83)87-75(99)65-25-15-31-93(65)79(103)63(43-49-17-7-5-8-18-49)89-74(98)60(22-12-28-82)48(4)86-78(102)70(68-57-39-53-34-54(41-57)42-58(68)40-53)92-72(96)46(2)62(24-14-30-84)88-76(100)66-26-16-32-94(66)80(104)64(44-50-19-9-6-10-20-50)90-73(97)59(21-11-27-81)47(3)85-77(101)69(91-71(45)95)67-55-35-51-33-52(37-55)38-56(67)36-51/h5-10,17-20,45-48,51-70H,11-16,21-44,81-84H2,1-4H3,(H,85,101)(H,86,102)(H,87,99)(H,88,100)(H,89,98)(H,90,97)(H,91,95)(H,92,96). The molecule has 14 atom stereocenters. The molecule has 13 rings (SSSR count). The Bertz CT molecular complexity index is 3040. The Labute approximate surface area is 615 Å². The first-order valence-corrected chi connectivity index (χ1v) is 40.1. The van der Waals surface area contributed by atoms with E-state index in [1.54, 1.807) is 27.7 Å². The van der Waals surface area contributed by atoms with Crippen molar-refractivity contribution in [1.82, 2.24) is 52.3 Å². The van der Waals surface area contributed by atoms with Crippen LogP contribution in [0.2, 0.25) is 0 Å². The van der Waals surface area contributed by atoms with Crippen LogP contribution in [0.4, 0.5) is 0 Å². The van der Waals surface area contributed by atoms with Crippen molar-refractivity contribution < 1.29 is 47.9 Å². The fourth-order valence-electron chi connectivity index (χ4n) is 21.1. The Morgan fingerprint density at radius 2 is 0.692 bits per heavy atom. The minimum absolute atomic E-state index is 0.0910.